The minimum absolute atomic E-state index is 0.242. The number of para-hydroxylation sites is 1. The zero-order valence-electron chi connectivity index (χ0n) is 14.1. The quantitative estimate of drug-likeness (QED) is 0.540. The van der Waals surface area contributed by atoms with Crippen LogP contribution in [0.3, 0.4) is 0 Å². The maximum atomic E-state index is 13.1. The van der Waals surface area contributed by atoms with Crippen LogP contribution in [0.15, 0.2) is 78.2 Å². The summed E-state index contributed by atoms with van der Waals surface area (Å²) in [5.41, 5.74) is 3.82. The van der Waals surface area contributed by atoms with Gasteiger partial charge in [-0.15, -0.1) is 0 Å². The number of pyridine rings is 1. The second-order valence-corrected chi connectivity index (χ2v) is 5.50. The van der Waals surface area contributed by atoms with Crippen molar-refractivity contribution in [2.45, 2.75) is 0 Å². The van der Waals surface area contributed by atoms with E-state index in [-0.39, 0.29) is 11.5 Å². The van der Waals surface area contributed by atoms with E-state index in [0.717, 1.165) is 0 Å². The normalized spacial score (nSPS) is 10.6. The maximum absolute atomic E-state index is 13.1. The molecule has 0 aliphatic heterocycles. The highest BCUT2D eigenvalue weighted by atomic mass is 19.1. The summed E-state index contributed by atoms with van der Waals surface area (Å²) >= 11 is 0. The Hall–Kier alpha value is -3.87. The summed E-state index contributed by atoms with van der Waals surface area (Å²) < 4.78 is 13.1. The number of hydrazone groups is 1. The Morgan fingerprint density at radius 1 is 1.00 bits per heavy atom. The maximum Gasteiger partial charge on any atom is 0.273 e. The molecule has 0 atom stereocenters. The first kappa shape index (κ1) is 17.9. The van der Waals surface area contributed by atoms with E-state index in [1.807, 2.05) is 0 Å². The standard InChI is InChI=1S/C20H15FN4O2/c21-16-7-3-5-14(11-16)12-23-25-20(27)17-8-1-2-9-18(17)24-19(26)15-6-4-10-22-13-15/h1-13H,(H,24,26)(H,25,27). The Balaban J connectivity index is 1.71. The fourth-order valence-corrected chi connectivity index (χ4v) is 2.29. The third-order valence-corrected chi connectivity index (χ3v) is 3.57. The van der Waals surface area contributed by atoms with Crippen LogP contribution in [0.4, 0.5) is 10.1 Å². The zero-order chi connectivity index (χ0) is 19.1. The largest absolute Gasteiger partial charge is 0.321 e. The minimum atomic E-state index is -0.510. The Morgan fingerprint density at radius 3 is 2.63 bits per heavy atom. The first-order valence-electron chi connectivity index (χ1n) is 8.03. The molecular formula is C20H15FN4O2. The van der Waals surface area contributed by atoms with Crippen molar-refractivity contribution in [3.8, 4) is 0 Å². The average molecular weight is 362 g/mol. The summed E-state index contributed by atoms with van der Waals surface area (Å²) in [6.07, 6.45) is 4.33. The first-order chi connectivity index (χ1) is 13.1. The van der Waals surface area contributed by atoms with E-state index < -0.39 is 11.7 Å². The molecule has 7 heteroatoms. The van der Waals surface area contributed by atoms with Gasteiger partial charge in [0.15, 0.2) is 0 Å². The van der Waals surface area contributed by atoms with E-state index in [9.17, 15) is 14.0 Å². The molecular weight excluding hydrogens is 347 g/mol. The van der Waals surface area contributed by atoms with E-state index in [1.165, 1.54) is 24.5 Å². The van der Waals surface area contributed by atoms with Crippen molar-refractivity contribution in [2.24, 2.45) is 5.10 Å². The van der Waals surface area contributed by atoms with Crippen LogP contribution in [-0.2, 0) is 0 Å². The molecule has 134 valence electrons. The molecule has 27 heavy (non-hydrogen) atoms. The Morgan fingerprint density at radius 2 is 1.85 bits per heavy atom. The topological polar surface area (TPSA) is 83.5 Å². The molecule has 3 aromatic rings. The number of carbonyl (C=O) groups is 2. The molecule has 0 fully saturated rings. The second-order valence-electron chi connectivity index (χ2n) is 5.50. The van der Waals surface area contributed by atoms with E-state index in [4.69, 9.17) is 0 Å². The van der Waals surface area contributed by atoms with Gasteiger partial charge in [0.1, 0.15) is 5.82 Å². The van der Waals surface area contributed by atoms with Gasteiger partial charge in [-0.3, -0.25) is 14.6 Å². The van der Waals surface area contributed by atoms with Gasteiger partial charge in [-0.1, -0.05) is 24.3 Å². The van der Waals surface area contributed by atoms with Crippen LogP contribution in [-0.4, -0.2) is 23.0 Å². The van der Waals surface area contributed by atoms with Gasteiger partial charge in [-0.2, -0.15) is 5.10 Å². The molecule has 0 spiro atoms. The number of anilines is 1. The van der Waals surface area contributed by atoms with Crippen LogP contribution in [0, 0.1) is 5.82 Å². The summed E-state index contributed by atoms with van der Waals surface area (Å²) in [5.74, 6) is -1.29. The van der Waals surface area contributed by atoms with E-state index in [0.29, 0.717) is 16.8 Å². The van der Waals surface area contributed by atoms with E-state index in [2.05, 4.69) is 20.8 Å². The van der Waals surface area contributed by atoms with Crippen molar-refractivity contribution >= 4 is 23.7 Å². The van der Waals surface area contributed by atoms with Crippen LogP contribution in [0.2, 0.25) is 0 Å². The van der Waals surface area contributed by atoms with Gasteiger partial charge in [0.2, 0.25) is 0 Å². The highest BCUT2D eigenvalue weighted by molar-refractivity contribution is 6.08. The summed E-state index contributed by atoms with van der Waals surface area (Å²) in [4.78, 5) is 28.5. The number of nitrogens with one attached hydrogen (secondary N) is 2. The van der Waals surface area contributed by atoms with Crippen LogP contribution in [0.25, 0.3) is 0 Å². The van der Waals surface area contributed by atoms with Gasteiger partial charge >= 0.3 is 0 Å². The van der Waals surface area contributed by atoms with E-state index in [1.54, 1.807) is 54.7 Å². The number of nitrogens with zero attached hydrogens (tertiary/aromatic N) is 2. The Bertz CT molecular complexity index is 990. The number of benzene rings is 2. The fourth-order valence-electron chi connectivity index (χ4n) is 2.29. The van der Waals surface area contributed by atoms with Crippen molar-refractivity contribution in [3.63, 3.8) is 0 Å². The highest BCUT2D eigenvalue weighted by Gasteiger charge is 2.13. The zero-order valence-corrected chi connectivity index (χ0v) is 14.1. The summed E-state index contributed by atoms with van der Waals surface area (Å²) in [6.45, 7) is 0. The predicted octanol–water partition coefficient (Wildman–Crippen LogP) is 3.24. The smallest absolute Gasteiger partial charge is 0.273 e. The van der Waals surface area contributed by atoms with Crippen LogP contribution < -0.4 is 10.7 Å². The van der Waals surface area contributed by atoms with Crippen molar-refractivity contribution in [1.82, 2.24) is 10.4 Å². The summed E-state index contributed by atoms with van der Waals surface area (Å²) in [7, 11) is 0. The molecule has 0 bridgehead atoms. The Labute approximate surface area is 154 Å². The molecule has 0 radical (unpaired) electrons. The lowest BCUT2D eigenvalue weighted by Crippen LogP contribution is -2.21. The minimum Gasteiger partial charge on any atom is -0.321 e. The summed E-state index contributed by atoms with van der Waals surface area (Å²) in [5, 5.41) is 6.51. The van der Waals surface area contributed by atoms with Gasteiger partial charge < -0.3 is 5.32 Å². The average Bonchev–Trinajstić information content (AvgIpc) is 2.69. The second kappa shape index (κ2) is 8.48. The number of carbonyl (C=O) groups excluding carboxylic acids is 2. The number of hydrogen-bond donors (Lipinski definition) is 2. The third-order valence-electron chi connectivity index (χ3n) is 3.57. The molecule has 1 aromatic heterocycles. The molecule has 2 N–H and O–H groups in total. The molecule has 0 unspecified atom stereocenters. The van der Waals surface area contributed by atoms with Crippen molar-refractivity contribution in [3.05, 3.63) is 95.6 Å². The van der Waals surface area contributed by atoms with Crippen LogP contribution in [0.5, 0.6) is 0 Å². The van der Waals surface area contributed by atoms with E-state index >= 15 is 0 Å². The molecule has 2 amide bonds. The lowest BCUT2D eigenvalue weighted by Gasteiger charge is -2.09. The summed E-state index contributed by atoms with van der Waals surface area (Å²) in [6, 6.07) is 15.6. The number of halogens is 1. The monoisotopic (exact) mass is 362 g/mol. The van der Waals surface area contributed by atoms with Crippen molar-refractivity contribution in [1.29, 1.82) is 0 Å². The molecule has 6 nitrogen and oxygen atoms in total. The lowest BCUT2D eigenvalue weighted by molar-refractivity contribution is 0.0956. The molecule has 2 aromatic carbocycles. The third kappa shape index (κ3) is 4.82. The van der Waals surface area contributed by atoms with Crippen LogP contribution >= 0.6 is 0 Å². The number of hydrogen-bond acceptors (Lipinski definition) is 4. The van der Waals surface area contributed by atoms with Gasteiger partial charge in [0.05, 0.1) is 23.0 Å². The number of amides is 2. The van der Waals surface area contributed by atoms with Crippen molar-refractivity contribution in [2.75, 3.05) is 5.32 Å². The predicted molar refractivity (Wildman–Crippen MR) is 100 cm³/mol. The SMILES string of the molecule is O=C(Nc1ccccc1C(=O)NN=Cc1cccc(F)c1)c1cccnc1. The van der Waals surface area contributed by atoms with Gasteiger partial charge in [-0.05, 0) is 42.0 Å². The first-order valence-corrected chi connectivity index (χ1v) is 8.03. The lowest BCUT2D eigenvalue weighted by atomic mass is 10.1. The van der Waals surface area contributed by atoms with Gasteiger partial charge in [0.25, 0.3) is 11.8 Å². The van der Waals surface area contributed by atoms with Crippen molar-refractivity contribution < 1.29 is 14.0 Å². The fraction of sp³-hybridized carbons (Fsp3) is 0. The van der Waals surface area contributed by atoms with Gasteiger partial charge in [-0.25, -0.2) is 9.82 Å². The Kier molecular flexibility index (Phi) is 5.64. The van der Waals surface area contributed by atoms with Crippen LogP contribution in [0.1, 0.15) is 26.3 Å². The molecule has 3 rings (SSSR count). The molecule has 0 aliphatic rings. The number of rotatable bonds is 5. The molecule has 1 heterocycles. The molecule has 0 aliphatic carbocycles. The molecule has 0 saturated carbocycles. The highest BCUT2D eigenvalue weighted by Crippen LogP contribution is 2.16. The van der Waals surface area contributed by atoms with Gasteiger partial charge in [0, 0.05) is 12.4 Å². The molecule has 0 saturated heterocycles. The number of aromatic nitrogens is 1.